The fourth-order valence-electron chi connectivity index (χ4n) is 4.08. The molecule has 0 bridgehead atoms. The van der Waals surface area contributed by atoms with Gasteiger partial charge in [0.25, 0.3) is 0 Å². The van der Waals surface area contributed by atoms with E-state index >= 15 is 0 Å². The van der Waals surface area contributed by atoms with Crippen LogP contribution in [0.1, 0.15) is 49.8 Å². The van der Waals surface area contributed by atoms with Crippen LogP contribution in [0.15, 0.2) is 54.6 Å². The summed E-state index contributed by atoms with van der Waals surface area (Å²) in [7, 11) is 0. The molecule has 2 atom stereocenters. The molecule has 1 saturated heterocycles. The molecule has 2 aromatic rings. The number of hydrogen-bond donors (Lipinski definition) is 1. The second-order valence-corrected chi connectivity index (χ2v) is 8.17. The lowest BCUT2D eigenvalue weighted by molar-refractivity contribution is -0.0469. The Labute approximate surface area is 159 Å². The molecule has 2 heteroatoms. The zero-order chi connectivity index (χ0) is 18.4. The monoisotopic (exact) mass is 351 g/mol. The summed E-state index contributed by atoms with van der Waals surface area (Å²) in [5.74, 6) is 0.567. The predicted molar refractivity (Wildman–Crippen MR) is 109 cm³/mol. The Bertz CT molecular complexity index is 664. The lowest BCUT2D eigenvalue weighted by Crippen LogP contribution is -2.42. The number of aryl methyl sites for hydroxylation is 1. The zero-order valence-electron chi connectivity index (χ0n) is 16.5. The SMILES string of the molecule is Cc1ccc([C@@]2(CCNCc3ccccc3)CCO[C@H](C(C)C)C2)cc1. The van der Waals surface area contributed by atoms with E-state index in [-0.39, 0.29) is 5.41 Å². The lowest BCUT2D eigenvalue weighted by Gasteiger charge is -2.43. The average Bonchev–Trinajstić information content (AvgIpc) is 2.67. The van der Waals surface area contributed by atoms with E-state index in [1.807, 2.05) is 0 Å². The van der Waals surface area contributed by atoms with Gasteiger partial charge in [-0.15, -0.1) is 0 Å². The summed E-state index contributed by atoms with van der Waals surface area (Å²) in [5, 5.41) is 3.66. The molecule has 140 valence electrons. The Hall–Kier alpha value is -1.64. The standard InChI is InChI=1S/C24H33NO/c1-19(2)23-17-24(14-16-26-23,22-11-9-20(3)10-12-22)13-15-25-18-21-7-5-4-6-8-21/h4-12,19,23,25H,13-18H2,1-3H3/t23-,24-/m0/s1. The van der Waals surface area contributed by atoms with Crippen LogP contribution in [0.25, 0.3) is 0 Å². The van der Waals surface area contributed by atoms with E-state index in [9.17, 15) is 0 Å². The van der Waals surface area contributed by atoms with Crippen LogP contribution in [-0.4, -0.2) is 19.3 Å². The van der Waals surface area contributed by atoms with Crippen LogP contribution in [0.4, 0.5) is 0 Å². The third-order valence-corrected chi connectivity index (χ3v) is 5.86. The Morgan fingerprint density at radius 1 is 1.08 bits per heavy atom. The van der Waals surface area contributed by atoms with Crippen molar-refractivity contribution in [2.75, 3.05) is 13.2 Å². The van der Waals surface area contributed by atoms with Gasteiger partial charge in [-0.2, -0.15) is 0 Å². The Kier molecular flexibility index (Phi) is 6.50. The maximum absolute atomic E-state index is 6.10. The molecular formula is C24H33NO. The smallest absolute Gasteiger partial charge is 0.0606 e. The molecule has 1 heterocycles. The first-order valence-electron chi connectivity index (χ1n) is 10.0. The molecule has 1 aliphatic heterocycles. The molecule has 0 spiro atoms. The van der Waals surface area contributed by atoms with E-state index in [4.69, 9.17) is 4.74 Å². The molecule has 0 aromatic heterocycles. The maximum atomic E-state index is 6.10. The van der Waals surface area contributed by atoms with Crippen LogP contribution in [-0.2, 0) is 16.7 Å². The van der Waals surface area contributed by atoms with E-state index in [2.05, 4.69) is 80.7 Å². The fourth-order valence-corrected chi connectivity index (χ4v) is 4.08. The molecule has 0 unspecified atom stereocenters. The van der Waals surface area contributed by atoms with Gasteiger partial charge < -0.3 is 10.1 Å². The summed E-state index contributed by atoms with van der Waals surface area (Å²) in [6.07, 6.45) is 3.77. The molecule has 0 radical (unpaired) electrons. The van der Waals surface area contributed by atoms with E-state index in [1.165, 1.54) is 16.7 Å². The highest BCUT2D eigenvalue weighted by Gasteiger charge is 2.38. The Morgan fingerprint density at radius 3 is 2.50 bits per heavy atom. The van der Waals surface area contributed by atoms with Gasteiger partial charge in [0, 0.05) is 18.6 Å². The predicted octanol–water partition coefficient (Wildman–Crippen LogP) is 5.25. The van der Waals surface area contributed by atoms with Crippen LogP contribution in [0.5, 0.6) is 0 Å². The van der Waals surface area contributed by atoms with Crippen LogP contribution >= 0.6 is 0 Å². The summed E-state index contributed by atoms with van der Waals surface area (Å²) in [6, 6.07) is 19.9. The summed E-state index contributed by atoms with van der Waals surface area (Å²) in [6.45, 7) is 9.57. The second kappa shape index (κ2) is 8.83. The molecular weight excluding hydrogens is 318 g/mol. The van der Waals surface area contributed by atoms with Crippen LogP contribution < -0.4 is 5.32 Å². The number of ether oxygens (including phenoxy) is 1. The quantitative estimate of drug-likeness (QED) is 0.688. The van der Waals surface area contributed by atoms with Crippen LogP contribution in [0, 0.1) is 12.8 Å². The highest BCUT2D eigenvalue weighted by atomic mass is 16.5. The average molecular weight is 352 g/mol. The third-order valence-electron chi connectivity index (χ3n) is 5.86. The molecule has 2 nitrogen and oxygen atoms in total. The molecule has 1 N–H and O–H groups in total. The van der Waals surface area contributed by atoms with Crippen molar-refractivity contribution in [3.63, 3.8) is 0 Å². The van der Waals surface area contributed by atoms with Crippen molar-refractivity contribution < 1.29 is 4.74 Å². The fraction of sp³-hybridized carbons (Fsp3) is 0.500. The summed E-state index contributed by atoms with van der Waals surface area (Å²) < 4.78 is 6.10. The van der Waals surface area contributed by atoms with E-state index < -0.39 is 0 Å². The maximum Gasteiger partial charge on any atom is 0.0606 e. The molecule has 26 heavy (non-hydrogen) atoms. The summed E-state index contributed by atoms with van der Waals surface area (Å²) in [4.78, 5) is 0. The third kappa shape index (κ3) is 4.75. The van der Waals surface area contributed by atoms with E-state index in [1.54, 1.807) is 0 Å². The zero-order valence-corrected chi connectivity index (χ0v) is 16.5. The lowest BCUT2D eigenvalue weighted by atomic mass is 9.68. The van der Waals surface area contributed by atoms with Gasteiger partial charge >= 0.3 is 0 Å². The molecule has 3 rings (SSSR count). The van der Waals surface area contributed by atoms with Gasteiger partial charge in [-0.1, -0.05) is 74.0 Å². The number of rotatable bonds is 7. The Morgan fingerprint density at radius 2 is 1.81 bits per heavy atom. The molecule has 0 amide bonds. The second-order valence-electron chi connectivity index (χ2n) is 8.17. The summed E-state index contributed by atoms with van der Waals surface area (Å²) in [5.41, 5.74) is 4.39. The van der Waals surface area contributed by atoms with Crippen LogP contribution in [0.2, 0.25) is 0 Å². The largest absolute Gasteiger partial charge is 0.378 e. The first-order chi connectivity index (χ1) is 12.6. The highest BCUT2D eigenvalue weighted by Crippen LogP contribution is 2.41. The first kappa shape index (κ1) is 19.1. The van der Waals surface area contributed by atoms with Crippen molar-refractivity contribution in [2.45, 2.75) is 58.1 Å². The molecule has 2 aromatic carbocycles. The van der Waals surface area contributed by atoms with Gasteiger partial charge in [-0.05, 0) is 49.8 Å². The van der Waals surface area contributed by atoms with Crippen molar-refractivity contribution in [3.8, 4) is 0 Å². The van der Waals surface area contributed by atoms with Gasteiger partial charge in [0.15, 0.2) is 0 Å². The van der Waals surface area contributed by atoms with Crippen molar-refractivity contribution in [1.29, 1.82) is 0 Å². The normalized spacial score (nSPS) is 23.3. The van der Waals surface area contributed by atoms with Gasteiger partial charge in [-0.25, -0.2) is 0 Å². The van der Waals surface area contributed by atoms with Gasteiger partial charge in [0.05, 0.1) is 6.10 Å². The molecule has 1 aliphatic rings. The summed E-state index contributed by atoms with van der Waals surface area (Å²) >= 11 is 0. The van der Waals surface area contributed by atoms with Crippen molar-refractivity contribution >= 4 is 0 Å². The minimum atomic E-state index is 0.227. The number of hydrogen-bond acceptors (Lipinski definition) is 2. The van der Waals surface area contributed by atoms with Crippen molar-refractivity contribution in [1.82, 2.24) is 5.32 Å². The van der Waals surface area contributed by atoms with Crippen molar-refractivity contribution in [2.24, 2.45) is 5.92 Å². The van der Waals surface area contributed by atoms with Gasteiger partial charge in [0.1, 0.15) is 0 Å². The number of nitrogens with one attached hydrogen (secondary N) is 1. The van der Waals surface area contributed by atoms with Gasteiger partial charge in [-0.3, -0.25) is 0 Å². The highest BCUT2D eigenvalue weighted by molar-refractivity contribution is 5.30. The molecule has 1 fully saturated rings. The van der Waals surface area contributed by atoms with E-state index in [0.29, 0.717) is 12.0 Å². The molecule has 0 aliphatic carbocycles. The van der Waals surface area contributed by atoms with Crippen molar-refractivity contribution in [3.05, 3.63) is 71.3 Å². The topological polar surface area (TPSA) is 21.3 Å². The molecule has 0 saturated carbocycles. The minimum absolute atomic E-state index is 0.227. The van der Waals surface area contributed by atoms with Crippen LogP contribution in [0.3, 0.4) is 0 Å². The van der Waals surface area contributed by atoms with Gasteiger partial charge in [0.2, 0.25) is 0 Å². The first-order valence-corrected chi connectivity index (χ1v) is 10.0. The van der Waals surface area contributed by atoms with E-state index in [0.717, 1.165) is 39.0 Å². The number of benzene rings is 2. The minimum Gasteiger partial charge on any atom is -0.378 e. The Balaban J connectivity index is 1.69.